The summed E-state index contributed by atoms with van der Waals surface area (Å²) in [5.74, 6) is 1.46. The Hall–Kier alpha value is -0.480. The fourth-order valence-corrected chi connectivity index (χ4v) is 4.12. The van der Waals surface area contributed by atoms with Gasteiger partial charge in [-0.1, -0.05) is 23.8 Å². The first-order valence-corrected chi connectivity index (χ1v) is 8.10. The molecule has 0 bridgehead atoms. The molecule has 1 aliphatic carbocycles. The number of thioether (sulfide) groups is 1. The van der Waals surface area contributed by atoms with Gasteiger partial charge in [-0.3, -0.25) is 0 Å². The minimum atomic E-state index is 0.248. The number of aliphatic hydroxyl groups is 1. The third-order valence-corrected chi connectivity index (χ3v) is 5.19. The number of halogens is 1. The van der Waals surface area contributed by atoms with Gasteiger partial charge in [0.2, 0.25) is 0 Å². The fraction of sp³-hybridized carbons (Fsp3) is 0.467. The van der Waals surface area contributed by atoms with Crippen LogP contribution in [0.2, 0.25) is 5.02 Å². The van der Waals surface area contributed by atoms with Crippen molar-refractivity contribution in [3.63, 3.8) is 0 Å². The maximum Gasteiger partial charge on any atom is 0.0494 e. The van der Waals surface area contributed by atoms with Gasteiger partial charge in [0.05, 0.1) is 0 Å². The van der Waals surface area contributed by atoms with Crippen molar-refractivity contribution in [3.05, 3.63) is 40.9 Å². The number of rotatable bonds is 3. The van der Waals surface area contributed by atoms with Crippen LogP contribution in [0.1, 0.15) is 24.4 Å². The molecule has 0 fully saturated rings. The third-order valence-electron chi connectivity index (χ3n) is 3.83. The Morgan fingerprint density at radius 1 is 1.37 bits per heavy atom. The molecule has 3 rings (SSSR count). The number of fused-ring (bicyclic) bond motifs is 1. The Morgan fingerprint density at radius 2 is 2.26 bits per heavy atom. The Labute approximate surface area is 123 Å². The average molecular weight is 296 g/mol. The molecule has 2 N–H and O–H groups in total. The second-order valence-electron chi connectivity index (χ2n) is 5.21. The van der Waals surface area contributed by atoms with Crippen molar-refractivity contribution in [2.24, 2.45) is 5.92 Å². The van der Waals surface area contributed by atoms with Crippen molar-refractivity contribution in [2.75, 3.05) is 12.4 Å². The number of hydrogen-bond acceptors (Lipinski definition) is 3. The summed E-state index contributed by atoms with van der Waals surface area (Å²) in [7, 11) is 0. The first-order valence-electron chi connectivity index (χ1n) is 6.74. The van der Waals surface area contributed by atoms with Crippen LogP contribution in [-0.2, 0) is 0 Å². The molecule has 0 unspecified atom stereocenters. The first-order chi connectivity index (χ1) is 9.26. The van der Waals surface area contributed by atoms with E-state index in [0.29, 0.717) is 18.0 Å². The van der Waals surface area contributed by atoms with Gasteiger partial charge in [-0.05, 0) is 42.4 Å². The van der Waals surface area contributed by atoms with Gasteiger partial charge in [0, 0.05) is 34.5 Å². The van der Waals surface area contributed by atoms with Crippen molar-refractivity contribution in [1.82, 2.24) is 5.32 Å². The van der Waals surface area contributed by atoms with Crippen LogP contribution in [0.25, 0.3) is 0 Å². The van der Waals surface area contributed by atoms with Crippen LogP contribution in [0.3, 0.4) is 0 Å². The zero-order valence-corrected chi connectivity index (χ0v) is 12.3. The lowest BCUT2D eigenvalue weighted by molar-refractivity contribution is 0.244. The molecule has 19 heavy (non-hydrogen) atoms. The number of hydrogen-bond donors (Lipinski definition) is 2. The summed E-state index contributed by atoms with van der Waals surface area (Å²) in [4.78, 5) is 1.34. The fourth-order valence-electron chi connectivity index (χ4n) is 2.83. The van der Waals surface area contributed by atoms with Crippen LogP contribution < -0.4 is 5.32 Å². The molecule has 0 aromatic heterocycles. The Balaban J connectivity index is 1.73. The molecule has 4 heteroatoms. The smallest absolute Gasteiger partial charge is 0.0494 e. The van der Waals surface area contributed by atoms with Gasteiger partial charge >= 0.3 is 0 Å². The minimum absolute atomic E-state index is 0.248. The summed E-state index contributed by atoms with van der Waals surface area (Å²) in [5.41, 5.74) is 1.32. The summed E-state index contributed by atoms with van der Waals surface area (Å²) >= 11 is 8.03. The largest absolute Gasteiger partial charge is 0.396 e. The van der Waals surface area contributed by atoms with Gasteiger partial charge in [0.1, 0.15) is 0 Å². The van der Waals surface area contributed by atoms with E-state index in [1.807, 2.05) is 17.8 Å². The summed E-state index contributed by atoms with van der Waals surface area (Å²) in [6, 6.07) is 6.92. The van der Waals surface area contributed by atoms with Crippen LogP contribution in [0.4, 0.5) is 0 Å². The molecule has 3 atom stereocenters. The van der Waals surface area contributed by atoms with Crippen molar-refractivity contribution in [3.8, 4) is 0 Å². The molecule has 0 saturated carbocycles. The first kappa shape index (κ1) is 13.5. The van der Waals surface area contributed by atoms with Crippen molar-refractivity contribution >= 4 is 23.4 Å². The lowest BCUT2D eigenvalue weighted by atomic mass is 10.0. The standard InChI is InChI=1S/C15H18ClNOS/c16-11-2-4-15-13(8-11)14(5-6-19-15)17-12-3-1-10(7-12)9-18/h1-4,8,10,12,14,17-18H,5-7,9H2/t10-,12+,14-/m0/s1. The highest BCUT2D eigenvalue weighted by Crippen LogP contribution is 2.38. The zero-order chi connectivity index (χ0) is 13.2. The topological polar surface area (TPSA) is 32.3 Å². The van der Waals surface area contributed by atoms with E-state index in [-0.39, 0.29) is 6.61 Å². The van der Waals surface area contributed by atoms with Gasteiger partial charge in [-0.2, -0.15) is 0 Å². The molecule has 0 amide bonds. The van der Waals surface area contributed by atoms with Crippen LogP contribution in [0.15, 0.2) is 35.2 Å². The molecule has 2 aliphatic rings. The Bertz CT molecular complexity index is 491. The van der Waals surface area contributed by atoms with Gasteiger partial charge < -0.3 is 10.4 Å². The van der Waals surface area contributed by atoms with E-state index in [1.165, 1.54) is 10.5 Å². The molecule has 1 aromatic carbocycles. The normalized spacial score (nSPS) is 29.5. The van der Waals surface area contributed by atoms with Crippen LogP contribution in [0, 0.1) is 5.92 Å². The summed E-state index contributed by atoms with van der Waals surface area (Å²) in [6.45, 7) is 0.248. The van der Waals surface area contributed by atoms with E-state index < -0.39 is 0 Å². The molecular weight excluding hydrogens is 278 g/mol. The maximum atomic E-state index is 9.18. The SMILES string of the molecule is OC[C@H]1C=C[C@@H](N[C@H]2CCSc3ccc(Cl)cc32)C1. The van der Waals surface area contributed by atoms with Gasteiger partial charge in [-0.15, -0.1) is 11.8 Å². The molecule has 1 aliphatic heterocycles. The highest BCUT2D eigenvalue weighted by atomic mass is 35.5. The van der Waals surface area contributed by atoms with Crippen molar-refractivity contribution < 1.29 is 5.11 Å². The van der Waals surface area contributed by atoms with E-state index in [4.69, 9.17) is 11.6 Å². The van der Waals surface area contributed by atoms with Crippen LogP contribution in [0.5, 0.6) is 0 Å². The average Bonchev–Trinajstić information content (AvgIpc) is 2.87. The highest BCUT2D eigenvalue weighted by molar-refractivity contribution is 7.99. The molecular formula is C15H18ClNOS. The molecule has 0 saturated heterocycles. The van der Waals surface area contributed by atoms with Crippen molar-refractivity contribution in [2.45, 2.75) is 29.8 Å². The van der Waals surface area contributed by atoms with E-state index in [9.17, 15) is 5.11 Å². The molecule has 1 aromatic rings. The van der Waals surface area contributed by atoms with Crippen LogP contribution >= 0.6 is 23.4 Å². The Kier molecular flexibility index (Phi) is 4.18. The van der Waals surface area contributed by atoms with E-state index in [2.05, 4.69) is 29.6 Å². The van der Waals surface area contributed by atoms with Crippen molar-refractivity contribution in [1.29, 1.82) is 0 Å². The Morgan fingerprint density at radius 3 is 3.05 bits per heavy atom. The highest BCUT2D eigenvalue weighted by Gasteiger charge is 2.25. The minimum Gasteiger partial charge on any atom is -0.396 e. The lowest BCUT2D eigenvalue weighted by Gasteiger charge is -2.28. The summed E-state index contributed by atoms with van der Waals surface area (Å²) < 4.78 is 0. The van der Waals surface area contributed by atoms with Gasteiger partial charge in [0.15, 0.2) is 0 Å². The molecule has 0 spiro atoms. The lowest BCUT2D eigenvalue weighted by Crippen LogP contribution is -2.32. The monoisotopic (exact) mass is 295 g/mol. The molecule has 102 valence electrons. The number of benzene rings is 1. The molecule has 0 radical (unpaired) electrons. The predicted octanol–water partition coefficient (Wildman–Crippen LogP) is 3.40. The second-order valence-corrected chi connectivity index (χ2v) is 6.78. The predicted molar refractivity (Wildman–Crippen MR) is 80.8 cm³/mol. The van der Waals surface area contributed by atoms with Gasteiger partial charge in [-0.25, -0.2) is 0 Å². The van der Waals surface area contributed by atoms with Gasteiger partial charge in [0.25, 0.3) is 0 Å². The zero-order valence-electron chi connectivity index (χ0n) is 10.7. The van der Waals surface area contributed by atoms with E-state index in [0.717, 1.165) is 23.6 Å². The maximum absolute atomic E-state index is 9.18. The van der Waals surface area contributed by atoms with E-state index in [1.54, 1.807) is 0 Å². The summed E-state index contributed by atoms with van der Waals surface area (Å²) in [6.07, 6.45) is 6.43. The second kappa shape index (κ2) is 5.88. The third kappa shape index (κ3) is 3.00. The molecule has 2 nitrogen and oxygen atoms in total. The summed E-state index contributed by atoms with van der Waals surface area (Å²) in [5, 5.41) is 13.7. The van der Waals surface area contributed by atoms with Crippen LogP contribution in [-0.4, -0.2) is 23.5 Å². The van der Waals surface area contributed by atoms with E-state index >= 15 is 0 Å². The quantitative estimate of drug-likeness (QED) is 0.838. The number of nitrogens with one attached hydrogen (secondary N) is 1. The number of aliphatic hydroxyl groups excluding tert-OH is 1. The molecule has 1 heterocycles.